The summed E-state index contributed by atoms with van der Waals surface area (Å²) in [5.74, 6) is 0.445. The number of esters is 1. The molecule has 0 aliphatic heterocycles. The predicted molar refractivity (Wildman–Crippen MR) is 87.9 cm³/mol. The fourth-order valence-corrected chi connectivity index (χ4v) is 2.28. The summed E-state index contributed by atoms with van der Waals surface area (Å²) in [6.45, 7) is 0.723. The van der Waals surface area contributed by atoms with E-state index in [1.807, 2.05) is 0 Å². The van der Waals surface area contributed by atoms with Gasteiger partial charge in [-0.25, -0.2) is 0 Å². The first-order chi connectivity index (χ1) is 11.0. The zero-order chi connectivity index (χ0) is 16.7. The van der Waals surface area contributed by atoms with E-state index in [1.54, 1.807) is 18.2 Å². The summed E-state index contributed by atoms with van der Waals surface area (Å²) in [6.07, 6.45) is 3.03. The van der Waals surface area contributed by atoms with E-state index in [-0.39, 0.29) is 18.9 Å². The van der Waals surface area contributed by atoms with Gasteiger partial charge in [0.2, 0.25) is 5.91 Å². The summed E-state index contributed by atoms with van der Waals surface area (Å²) in [4.78, 5) is 23.0. The fourth-order valence-electron chi connectivity index (χ4n) is 1.81. The largest absolute Gasteiger partial charge is 0.492 e. The first-order valence-electron chi connectivity index (χ1n) is 7.55. The number of ether oxygens (including phenoxy) is 2. The number of halogens is 2. The van der Waals surface area contributed by atoms with Crippen LogP contribution in [0.2, 0.25) is 10.0 Å². The normalized spacial score (nSPS) is 13.5. The number of benzene rings is 1. The number of carbonyl (C=O) groups is 2. The van der Waals surface area contributed by atoms with E-state index in [2.05, 4.69) is 5.32 Å². The van der Waals surface area contributed by atoms with Crippen LogP contribution in [-0.4, -0.2) is 31.6 Å². The molecule has 0 radical (unpaired) electrons. The summed E-state index contributed by atoms with van der Waals surface area (Å²) in [6, 6.07) is 4.96. The minimum atomic E-state index is -0.394. The molecule has 1 aliphatic rings. The van der Waals surface area contributed by atoms with Crippen LogP contribution in [0.5, 0.6) is 5.75 Å². The average molecular weight is 360 g/mol. The van der Waals surface area contributed by atoms with Crippen molar-refractivity contribution >= 4 is 35.1 Å². The molecule has 23 heavy (non-hydrogen) atoms. The Bertz CT molecular complexity index is 561. The molecule has 0 spiro atoms. The lowest BCUT2D eigenvalue weighted by Gasteiger charge is -2.08. The fraction of sp³-hybridized carbons (Fsp3) is 0.500. The van der Waals surface area contributed by atoms with Crippen LogP contribution in [-0.2, 0) is 14.3 Å². The van der Waals surface area contributed by atoms with Gasteiger partial charge in [0, 0.05) is 11.4 Å². The molecule has 2 rings (SSSR count). The lowest BCUT2D eigenvalue weighted by Crippen LogP contribution is -2.31. The van der Waals surface area contributed by atoms with Crippen LogP contribution in [0.15, 0.2) is 18.2 Å². The molecule has 0 saturated heterocycles. The van der Waals surface area contributed by atoms with Gasteiger partial charge in [0.1, 0.15) is 12.3 Å². The lowest BCUT2D eigenvalue weighted by atomic mass is 10.3. The van der Waals surface area contributed by atoms with Crippen molar-refractivity contribution in [3.8, 4) is 5.75 Å². The summed E-state index contributed by atoms with van der Waals surface area (Å²) in [5, 5.41) is 3.50. The molecule has 1 N–H and O–H groups in total. The van der Waals surface area contributed by atoms with Gasteiger partial charge in [0.25, 0.3) is 0 Å². The molecule has 0 aromatic heterocycles. The minimum Gasteiger partial charge on any atom is -0.492 e. The number of rotatable bonds is 9. The van der Waals surface area contributed by atoms with E-state index in [9.17, 15) is 9.59 Å². The summed E-state index contributed by atoms with van der Waals surface area (Å²) < 4.78 is 10.5. The molecule has 1 amide bonds. The van der Waals surface area contributed by atoms with E-state index in [4.69, 9.17) is 32.7 Å². The quantitative estimate of drug-likeness (QED) is 0.543. The predicted octanol–water partition coefficient (Wildman–Crippen LogP) is 3.22. The summed E-state index contributed by atoms with van der Waals surface area (Å²) in [5.41, 5.74) is 0. The molecule has 5 nitrogen and oxygen atoms in total. The second-order valence-electron chi connectivity index (χ2n) is 5.43. The molecule has 1 fully saturated rings. The first-order valence-corrected chi connectivity index (χ1v) is 8.30. The van der Waals surface area contributed by atoms with Crippen molar-refractivity contribution in [3.63, 3.8) is 0 Å². The van der Waals surface area contributed by atoms with E-state index < -0.39 is 5.97 Å². The maximum atomic E-state index is 11.6. The number of amides is 1. The highest BCUT2D eigenvalue weighted by atomic mass is 35.5. The van der Waals surface area contributed by atoms with Crippen LogP contribution in [0.25, 0.3) is 0 Å². The number of hydrogen-bond donors (Lipinski definition) is 1. The van der Waals surface area contributed by atoms with Crippen molar-refractivity contribution in [1.29, 1.82) is 0 Å². The highest BCUT2D eigenvalue weighted by Gasteiger charge is 2.22. The molecule has 126 valence electrons. The lowest BCUT2D eigenvalue weighted by molar-refractivity contribution is -0.144. The van der Waals surface area contributed by atoms with Crippen molar-refractivity contribution in [2.45, 2.75) is 25.7 Å². The number of carbonyl (C=O) groups excluding carboxylic acids is 2. The molecule has 0 heterocycles. The van der Waals surface area contributed by atoms with Crippen molar-refractivity contribution in [3.05, 3.63) is 28.2 Å². The Labute approximate surface area is 145 Å². The van der Waals surface area contributed by atoms with E-state index in [1.165, 1.54) is 0 Å². The smallest absolute Gasteiger partial charge is 0.325 e. The third kappa shape index (κ3) is 7.10. The molecule has 1 aromatic carbocycles. The monoisotopic (exact) mass is 359 g/mol. The molecule has 1 saturated carbocycles. The van der Waals surface area contributed by atoms with E-state index in [0.717, 1.165) is 12.8 Å². The van der Waals surface area contributed by atoms with Gasteiger partial charge in [0.15, 0.2) is 0 Å². The maximum Gasteiger partial charge on any atom is 0.325 e. The molecule has 0 atom stereocenters. The summed E-state index contributed by atoms with van der Waals surface area (Å²) in [7, 11) is 0. The second-order valence-corrected chi connectivity index (χ2v) is 6.27. The zero-order valence-electron chi connectivity index (χ0n) is 12.6. The number of hydrogen-bond acceptors (Lipinski definition) is 4. The molecule has 0 unspecified atom stereocenters. The van der Waals surface area contributed by atoms with Crippen LogP contribution in [0.1, 0.15) is 25.7 Å². The molecular formula is C16H19Cl2NO4. The van der Waals surface area contributed by atoms with Crippen LogP contribution in [0.3, 0.4) is 0 Å². The van der Waals surface area contributed by atoms with Gasteiger partial charge in [-0.1, -0.05) is 23.2 Å². The van der Waals surface area contributed by atoms with Gasteiger partial charge in [-0.2, -0.15) is 0 Å². The Hall–Kier alpha value is -1.46. The minimum absolute atomic E-state index is 0.0879. The van der Waals surface area contributed by atoms with E-state index >= 15 is 0 Å². The van der Waals surface area contributed by atoms with Crippen molar-refractivity contribution < 1.29 is 19.1 Å². The van der Waals surface area contributed by atoms with Crippen molar-refractivity contribution in [2.75, 3.05) is 19.8 Å². The molecule has 7 heteroatoms. The third-order valence-electron chi connectivity index (χ3n) is 3.31. The maximum absolute atomic E-state index is 11.6. The average Bonchev–Trinajstić information content (AvgIpc) is 3.33. The van der Waals surface area contributed by atoms with Gasteiger partial charge in [0.05, 0.1) is 18.2 Å². The van der Waals surface area contributed by atoms with Crippen LogP contribution in [0.4, 0.5) is 0 Å². The van der Waals surface area contributed by atoms with Gasteiger partial charge < -0.3 is 14.8 Å². The first kappa shape index (κ1) is 17.9. The Kier molecular flexibility index (Phi) is 6.99. The van der Waals surface area contributed by atoms with Crippen molar-refractivity contribution in [2.24, 2.45) is 5.92 Å². The van der Waals surface area contributed by atoms with Crippen LogP contribution < -0.4 is 10.1 Å². The standard InChI is InChI=1S/C16H19Cl2NO4/c17-12-5-6-14(13(18)8-12)22-7-1-2-15(20)19-9-16(21)23-10-11-3-4-11/h5-6,8,11H,1-4,7,9-10H2,(H,19,20). The Balaban J connectivity index is 1.54. The molecule has 1 aliphatic carbocycles. The highest BCUT2D eigenvalue weighted by molar-refractivity contribution is 6.35. The third-order valence-corrected chi connectivity index (χ3v) is 3.84. The topological polar surface area (TPSA) is 64.6 Å². The van der Waals surface area contributed by atoms with Gasteiger partial charge in [-0.15, -0.1) is 0 Å². The Morgan fingerprint density at radius 2 is 2.04 bits per heavy atom. The highest BCUT2D eigenvalue weighted by Crippen LogP contribution is 2.29. The molecular weight excluding hydrogens is 341 g/mol. The van der Waals surface area contributed by atoms with Gasteiger partial charge >= 0.3 is 5.97 Å². The zero-order valence-corrected chi connectivity index (χ0v) is 14.2. The Morgan fingerprint density at radius 3 is 2.74 bits per heavy atom. The number of nitrogens with one attached hydrogen (secondary N) is 1. The second kappa shape index (κ2) is 8.99. The van der Waals surface area contributed by atoms with Gasteiger partial charge in [-0.3, -0.25) is 9.59 Å². The van der Waals surface area contributed by atoms with Crippen LogP contribution >= 0.6 is 23.2 Å². The summed E-state index contributed by atoms with van der Waals surface area (Å²) >= 11 is 11.8. The molecule has 0 bridgehead atoms. The Morgan fingerprint density at radius 1 is 1.26 bits per heavy atom. The van der Waals surface area contributed by atoms with Crippen molar-refractivity contribution in [1.82, 2.24) is 5.32 Å². The molecule has 1 aromatic rings. The van der Waals surface area contributed by atoms with Crippen LogP contribution in [0, 0.1) is 5.92 Å². The van der Waals surface area contributed by atoms with Gasteiger partial charge in [-0.05, 0) is 43.4 Å². The van der Waals surface area contributed by atoms with E-state index in [0.29, 0.717) is 41.3 Å². The SMILES string of the molecule is O=C(CCCOc1ccc(Cl)cc1Cl)NCC(=O)OCC1CC1.